The van der Waals surface area contributed by atoms with E-state index in [4.69, 9.17) is 5.73 Å². The molecule has 0 heterocycles. The van der Waals surface area contributed by atoms with Crippen molar-refractivity contribution < 1.29 is 49.4 Å². The minimum absolute atomic E-state index is 0. The monoisotopic (exact) mass is 307 g/mol. The van der Waals surface area contributed by atoms with Crippen LogP contribution in [0.3, 0.4) is 0 Å². The minimum Gasteiger partial charge on any atom is -0.550 e. The SMILES string of the molecule is CC(C(=O)[O-])c1ccc(C(=O)c2ccccc2O)cc1N.[Na+]. The van der Waals surface area contributed by atoms with Gasteiger partial charge in [-0.1, -0.05) is 31.2 Å². The Balaban J connectivity index is 0.00000242. The summed E-state index contributed by atoms with van der Waals surface area (Å²) >= 11 is 0. The number of nitrogens with two attached hydrogens (primary N) is 1. The van der Waals surface area contributed by atoms with Gasteiger partial charge in [0.05, 0.1) is 5.56 Å². The van der Waals surface area contributed by atoms with E-state index in [-0.39, 0.29) is 57.9 Å². The summed E-state index contributed by atoms with van der Waals surface area (Å²) < 4.78 is 0. The van der Waals surface area contributed by atoms with E-state index >= 15 is 0 Å². The molecule has 22 heavy (non-hydrogen) atoms. The zero-order valence-electron chi connectivity index (χ0n) is 12.4. The number of carboxylic acid groups (broad SMARTS) is 1. The molecular formula is C16H14NNaO4. The van der Waals surface area contributed by atoms with Crippen molar-refractivity contribution in [3.8, 4) is 5.75 Å². The molecule has 2 rings (SSSR count). The second-order valence-electron chi connectivity index (χ2n) is 4.73. The number of para-hydroxylation sites is 1. The first-order chi connectivity index (χ1) is 9.91. The molecule has 2 aromatic rings. The number of aliphatic carboxylic acids is 1. The van der Waals surface area contributed by atoms with Crippen molar-refractivity contribution in [1.82, 2.24) is 0 Å². The van der Waals surface area contributed by atoms with E-state index < -0.39 is 11.9 Å². The largest absolute Gasteiger partial charge is 1.00 e. The number of anilines is 1. The second-order valence-corrected chi connectivity index (χ2v) is 4.73. The van der Waals surface area contributed by atoms with Crippen LogP contribution in [0.15, 0.2) is 42.5 Å². The van der Waals surface area contributed by atoms with Gasteiger partial charge in [-0.05, 0) is 23.8 Å². The number of rotatable bonds is 4. The van der Waals surface area contributed by atoms with E-state index in [1.807, 2.05) is 0 Å². The first-order valence-electron chi connectivity index (χ1n) is 6.34. The molecule has 6 heteroatoms. The van der Waals surface area contributed by atoms with Crippen molar-refractivity contribution in [2.24, 2.45) is 0 Å². The van der Waals surface area contributed by atoms with Crippen LogP contribution in [0.5, 0.6) is 5.75 Å². The van der Waals surface area contributed by atoms with Crippen molar-refractivity contribution in [2.45, 2.75) is 12.8 Å². The van der Waals surface area contributed by atoms with Crippen LogP contribution in [0.2, 0.25) is 0 Å². The second kappa shape index (κ2) is 7.45. The van der Waals surface area contributed by atoms with Crippen molar-refractivity contribution in [3.05, 3.63) is 59.2 Å². The van der Waals surface area contributed by atoms with Crippen LogP contribution in [-0.2, 0) is 4.79 Å². The van der Waals surface area contributed by atoms with E-state index in [2.05, 4.69) is 0 Å². The Hall–Kier alpha value is -1.82. The number of hydrogen-bond donors (Lipinski definition) is 2. The summed E-state index contributed by atoms with van der Waals surface area (Å²) in [5.41, 5.74) is 6.85. The molecule has 5 nitrogen and oxygen atoms in total. The molecule has 0 saturated carbocycles. The number of phenolic OH excluding ortho intramolecular Hbond substituents is 1. The van der Waals surface area contributed by atoms with Crippen LogP contribution >= 0.6 is 0 Å². The van der Waals surface area contributed by atoms with Gasteiger partial charge in [-0.15, -0.1) is 0 Å². The van der Waals surface area contributed by atoms with E-state index in [0.717, 1.165) is 0 Å². The molecule has 0 aliphatic rings. The summed E-state index contributed by atoms with van der Waals surface area (Å²) in [6.07, 6.45) is 0. The summed E-state index contributed by atoms with van der Waals surface area (Å²) in [4.78, 5) is 23.2. The van der Waals surface area contributed by atoms with E-state index in [9.17, 15) is 19.8 Å². The Bertz CT molecular complexity index is 715. The Morgan fingerprint density at radius 3 is 2.36 bits per heavy atom. The third-order valence-corrected chi connectivity index (χ3v) is 3.32. The number of carbonyl (C=O) groups is 2. The molecule has 3 N–H and O–H groups in total. The molecule has 0 aromatic heterocycles. The number of aromatic hydroxyl groups is 1. The summed E-state index contributed by atoms with van der Waals surface area (Å²) in [5, 5.41) is 20.6. The maximum absolute atomic E-state index is 12.3. The standard InChI is InChI=1S/C16H15NO4.Na/c1-9(16(20)21)11-7-6-10(8-13(11)17)15(19)12-4-2-3-5-14(12)18;/h2-9,18H,17H2,1H3,(H,20,21);/q;+1/p-1. The van der Waals surface area contributed by atoms with Gasteiger partial charge in [0.1, 0.15) is 5.75 Å². The molecule has 0 fully saturated rings. The number of phenols is 1. The molecule has 0 amide bonds. The van der Waals surface area contributed by atoms with Crippen LogP contribution in [0.4, 0.5) is 5.69 Å². The Kier molecular flexibility index (Phi) is 6.17. The normalized spacial score (nSPS) is 11.3. The molecule has 0 spiro atoms. The van der Waals surface area contributed by atoms with Crippen molar-refractivity contribution in [3.63, 3.8) is 0 Å². The molecule has 1 atom stereocenters. The quantitative estimate of drug-likeness (QED) is 0.389. The molecule has 0 bridgehead atoms. The number of carbonyl (C=O) groups excluding carboxylic acids is 2. The fraction of sp³-hybridized carbons (Fsp3) is 0.125. The fourth-order valence-electron chi connectivity index (χ4n) is 2.06. The van der Waals surface area contributed by atoms with Gasteiger partial charge in [0, 0.05) is 23.1 Å². The fourth-order valence-corrected chi connectivity index (χ4v) is 2.06. The minimum atomic E-state index is -1.23. The van der Waals surface area contributed by atoms with E-state index in [1.54, 1.807) is 12.1 Å². The first-order valence-corrected chi connectivity index (χ1v) is 6.34. The van der Waals surface area contributed by atoms with E-state index in [0.29, 0.717) is 5.56 Å². The van der Waals surface area contributed by atoms with Gasteiger partial charge in [-0.25, -0.2) is 0 Å². The number of ketones is 1. The third-order valence-electron chi connectivity index (χ3n) is 3.32. The molecule has 0 aliphatic carbocycles. The molecule has 0 radical (unpaired) electrons. The Morgan fingerprint density at radius 2 is 1.82 bits per heavy atom. The number of hydrogen-bond acceptors (Lipinski definition) is 5. The zero-order chi connectivity index (χ0) is 15.6. The van der Waals surface area contributed by atoms with Gasteiger partial charge in [0.25, 0.3) is 0 Å². The Labute approximate surface area is 150 Å². The zero-order valence-corrected chi connectivity index (χ0v) is 14.4. The molecule has 0 aliphatic heterocycles. The van der Waals surface area contributed by atoms with Crippen molar-refractivity contribution in [1.29, 1.82) is 0 Å². The van der Waals surface area contributed by atoms with Gasteiger partial charge in [-0.3, -0.25) is 4.79 Å². The van der Waals surface area contributed by atoms with Gasteiger partial charge < -0.3 is 20.7 Å². The average Bonchev–Trinajstić information content (AvgIpc) is 2.46. The van der Waals surface area contributed by atoms with Gasteiger partial charge in [0.15, 0.2) is 5.78 Å². The van der Waals surface area contributed by atoms with Crippen molar-refractivity contribution in [2.75, 3.05) is 5.73 Å². The summed E-state index contributed by atoms with van der Waals surface area (Å²) in [6, 6.07) is 10.6. The average molecular weight is 307 g/mol. The van der Waals surface area contributed by atoms with Crippen LogP contribution < -0.4 is 40.4 Å². The molecule has 108 valence electrons. The number of nitrogen functional groups attached to an aromatic ring is 1. The van der Waals surface area contributed by atoms with Crippen molar-refractivity contribution >= 4 is 17.4 Å². The summed E-state index contributed by atoms with van der Waals surface area (Å²) in [5.74, 6) is -2.60. The predicted octanol–water partition coefficient (Wildman–Crippen LogP) is -1.94. The van der Waals surface area contributed by atoms with Gasteiger partial charge >= 0.3 is 29.6 Å². The predicted molar refractivity (Wildman–Crippen MR) is 75.8 cm³/mol. The third kappa shape index (κ3) is 3.68. The molecule has 1 unspecified atom stereocenters. The Morgan fingerprint density at radius 1 is 1.18 bits per heavy atom. The topological polar surface area (TPSA) is 103 Å². The first kappa shape index (κ1) is 18.2. The van der Waals surface area contributed by atoms with Crippen LogP contribution in [0, 0.1) is 0 Å². The van der Waals surface area contributed by atoms with Crippen LogP contribution in [0.25, 0.3) is 0 Å². The van der Waals surface area contributed by atoms with Crippen LogP contribution in [0.1, 0.15) is 34.3 Å². The van der Waals surface area contributed by atoms with Gasteiger partial charge in [0.2, 0.25) is 0 Å². The summed E-state index contributed by atoms with van der Waals surface area (Å²) in [7, 11) is 0. The summed E-state index contributed by atoms with van der Waals surface area (Å²) in [6.45, 7) is 1.46. The maximum atomic E-state index is 12.3. The number of carboxylic acids is 1. The van der Waals surface area contributed by atoms with Crippen LogP contribution in [-0.4, -0.2) is 16.9 Å². The molecule has 2 aromatic carbocycles. The maximum Gasteiger partial charge on any atom is 1.00 e. The smallest absolute Gasteiger partial charge is 0.550 e. The molecular weight excluding hydrogens is 293 g/mol. The van der Waals surface area contributed by atoms with Gasteiger partial charge in [-0.2, -0.15) is 0 Å². The molecule has 0 saturated heterocycles. The van der Waals surface area contributed by atoms with E-state index in [1.165, 1.54) is 37.3 Å². The number of benzene rings is 2.